The van der Waals surface area contributed by atoms with E-state index < -0.39 is 0 Å². The molecule has 0 saturated heterocycles. The first-order valence-corrected chi connectivity index (χ1v) is 5.64. The molecule has 0 amide bonds. The van der Waals surface area contributed by atoms with Gasteiger partial charge in [-0.05, 0) is 32.6 Å². The highest BCUT2D eigenvalue weighted by molar-refractivity contribution is 5.04. The second kappa shape index (κ2) is 6.55. The predicted octanol–water partition coefficient (Wildman–Crippen LogP) is 1.65. The fraction of sp³-hybridized carbons (Fsp3) is 0.583. The van der Waals surface area contributed by atoms with Crippen LogP contribution in [0.3, 0.4) is 0 Å². The van der Waals surface area contributed by atoms with Gasteiger partial charge in [0, 0.05) is 19.1 Å². The number of hydrogen-bond acceptors (Lipinski definition) is 3. The summed E-state index contributed by atoms with van der Waals surface area (Å²) in [7, 11) is 2.09. The Morgan fingerprint density at radius 2 is 2.25 bits per heavy atom. The van der Waals surface area contributed by atoms with E-state index in [9.17, 15) is 4.39 Å². The number of rotatable bonds is 6. The number of nitrogens with one attached hydrogen (secondary N) is 1. The third-order valence-electron chi connectivity index (χ3n) is 2.55. The van der Waals surface area contributed by atoms with Crippen molar-refractivity contribution in [3.8, 4) is 0 Å². The summed E-state index contributed by atoms with van der Waals surface area (Å²) < 4.78 is 12.6. The molecule has 1 heterocycles. The van der Waals surface area contributed by atoms with Gasteiger partial charge in [0.2, 0.25) is 0 Å². The summed E-state index contributed by atoms with van der Waals surface area (Å²) in [6.07, 6.45) is 1.25. The second-order valence-corrected chi connectivity index (χ2v) is 4.10. The topological polar surface area (TPSA) is 28.2 Å². The maximum atomic E-state index is 12.6. The van der Waals surface area contributed by atoms with Crippen molar-refractivity contribution < 1.29 is 4.39 Å². The molecule has 1 atom stereocenters. The van der Waals surface area contributed by atoms with E-state index in [1.54, 1.807) is 6.07 Å². The van der Waals surface area contributed by atoms with E-state index in [-0.39, 0.29) is 5.82 Å². The smallest absolute Gasteiger partial charge is 0.141 e. The molecular formula is C12H20FN3. The summed E-state index contributed by atoms with van der Waals surface area (Å²) in [6, 6.07) is 3.54. The van der Waals surface area contributed by atoms with Crippen LogP contribution in [0.5, 0.6) is 0 Å². The number of aromatic nitrogens is 1. The Hall–Kier alpha value is -1.00. The fourth-order valence-corrected chi connectivity index (χ4v) is 1.45. The highest BCUT2D eigenvalue weighted by Crippen LogP contribution is 1.98. The zero-order chi connectivity index (χ0) is 12.0. The second-order valence-electron chi connectivity index (χ2n) is 4.10. The zero-order valence-electron chi connectivity index (χ0n) is 10.2. The molecule has 1 rings (SSSR count). The summed E-state index contributed by atoms with van der Waals surface area (Å²) >= 11 is 0. The minimum absolute atomic E-state index is 0.289. The highest BCUT2D eigenvalue weighted by atomic mass is 19.1. The predicted molar refractivity (Wildman–Crippen MR) is 63.7 cm³/mol. The van der Waals surface area contributed by atoms with Crippen molar-refractivity contribution in [1.82, 2.24) is 15.2 Å². The molecule has 1 unspecified atom stereocenters. The van der Waals surface area contributed by atoms with Gasteiger partial charge < -0.3 is 10.2 Å². The maximum absolute atomic E-state index is 12.6. The SMILES string of the molecule is CCN(C)CC(C)NCc1ccc(F)cn1. The van der Waals surface area contributed by atoms with E-state index in [0.717, 1.165) is 18.8 Å². The molecule has 90 valence electrons. The summed E-state index contributed by atoms with van der Waals surface area (Å²) in [4.78, 5) is 6.24. The van der Waals surface area contributed by atoms with Gasteiger partial charge in [-0.15, -0.1) is 0 Å². The van der Waals surface area contributed by atoms with Gasteiger partial charge in [0.1, 0.15) is 5.82 Å². The first-order valence-electron chi connectivity index (χ1n) is 5.64. The van der Waals surface area contributed by atoms with Crippen LogP contribution >= 0.6 is 0 Å². The maximum Gasteiger partial charge on any atom is 0.141 e. The summed E-state index contributed by atoms with van der Waals surface area (Å²) in [5, 5.41) is 3.36. The number of likely N-dealkylation sites (N-methyl/N-ethyl adjacent to an activating group) is 1. The standard InChI is InChI=1S/C12H20FN3/c1-4-16(3)9-10(2)14-8-12-6-5-11(13)7-15-12/h5-7,10,14H,4,8-9H2,1-3H3. The third-order valence-corrected chi connectivity index (χ3v) is 2.55. The van der Waals surface area contributed by atoms with E-state index in [1.807, 2.05) is 0 Å². The minimum Gasteiger partial charge on any atom is -0.307 e. The molecule has 0 saturated carbocycles. The van der Waals surface area contributed by atoms with Crippen LogP contribution in [0.2, 0.25) is 0 Å². The quantitative estimate of drug-likeness (QED) is 0.798. The van der Waals surface area contributed by atoms with Crippen LogP contribution in [0.25, 0.3) is 0 Å². The Bertz CT molecular complexity index is 300. The van der Waals surface area contributed by atoms with Crippen molar-refractivity contribution in [3.63, 3.8) is 0 Å². The molecular weight excluding hydrogens is 205 g/mol. The van der Waals surface area contributed by atoms with Crippen molar-refractivity contribution in [2.75, 3.05) is 20.1 Å². The molecule has 16 heavy (non-hydrogen) atoms. The Morgan fingerprint density at radius 3 is 2.81 bits per heavy atom. The van der Waals surface area contributed by atoms with Crippen LogP contribution in [0.15, 0.2) is 18.3 Å². The van der Waals surface area contributed by atoms with Gasteiger partial charge >= 0.3 is 0 Å². The fourth-order valence-electron chi connectivity index (χ4n) is 1.45. The van der Waals surface area contributed by atoms with Crippen LogP contribution in [0.4, 0.5) is 4.39 Å². The zero-order valence-corrected chi connectivity index (χ0v) is 10.2. The van der Waals surface area contributed by atoms with Crippen LogP contribution in [0, 0.1) is 5.82 Å². The van der Waals surface area contributed by atoms with Crippen LogP contribution in [0.1, 0.15) is 19.5 Å². The lowest BCUT2D eigenvalue weighted by Gasteiger charge is -2.20. The van der Waals surface area contributed by atoms with Crippen LogP contribution in [-0.2, 0) is 6.54 Å². The molecule has 0 aliphatic heterocycles. The normalized spacial score (nSPS) is 13.1. The van der Waals surface area contributed by atoms with Crippen molar-refractivity contribution in [2.45, 2.75) is 26.4 Å². The first kappa shape index (κ1) is 13.1. The molecule has 0 bridgehead atoms. The Labute approximate surface area is 96.7 Å². The van der Waals surface area contributed by atoms with Gasteiger partial charge in [0.15, 0.2) is 0 Å². The molecule has 4 heteroatoms. The molecule has 0 radical (unpaired) electrons. The summed E-state index contributed by atoms with van der Waals surface area (Å²) in [5.41, 5.74) is 0.868. The van der Waals surface area contributed by atoms with Gasteiger partial charge in [0.05, 0.1) is 11.9 Å². The lowest BCUT2D eigenvalue weighted by Crippen LogP contribution is -2.37. The lowest BCUT2D eigenvalue weighted by molar-refractivity contribution is 0.309. The van der Waals surface area contributed by atoms with Gasteiger partial charge in [-0.1, -0.05) is 6.92 Å². The number of halogens is 1. The highest BCUT2D eigenvalue weighted by Gasteiger charge is 2.04. The first-order chi connectivity index (χ1) is 7.61. The molecule has 1 aromatic rings. The monoisotopic (exact) mass is 225 g/mol. The van der Waals surface area contributed by atoms with Gasteiger partial charge in [-0.3, -0.25) is 4.98 Å². The molecule has 1 aromatic heterocycles. The Morgan fingerprint density at radius 1 is 1.50 bits per heavy atom. The lowest BCUT2D eigenvalue weighted by atomic mass is 10.3. The van der Waals surface area contributed by atoms with Crippen molar-refractivity contribution in [2.24, 2.45) is 0 Å². The molecule has 0 spiro atoms. The van der Waals surface area contributed by atoms with Crippen molar-refractivity contribution in [1.29, 1.82) is 0 Å². The molecule has 0 fully saturated rings. The van der Waals surface area contributed by atoms with E-state index >= 15 is 0 Å². The molecule has 0 aliphatic carbocycles. The molecule has 0 aromatic carbocycles. The largest absolute Gasteiger partial charge is 0.307 e. The van der Waals surface area contributed by atoms with E-state index in [4.69, 9.17) is 0 Å². The molecule has 3 nitrogen and oxygen atoms in total. The van der Waals surface area contributed by atoms with Crippen molar-refractivity contribution >= 4 is 0 Å². The van der Waals surface area contributed by atoms with Gasteiger partial charge in [-0.2, -0.15) is 0 Å². The summed E-state index contributed by atoms with van der Waals surface area (Å²) in [5.74, 6) is -0.289. The van der Waals surface area contributed by atoms with Gasteiger partial charge in [-0.25, -0.2) is 4.39 Å². The molecule has 1 N–H and O–H groups in total. The van der Waals surface area contributed by atoms with Crippen molar-refractivity contribution in [3.05, 3.63) is 29.8 Å². The number of pyridine rings is 1. The Balaban J connectivity index is 2.31. The Kier molecular flexibility index (Phi) is 5.35. The minimum atomic E-state index is -0.289. The average Bonchev–Trinajstić information content (AvgIpc) is 2.28. The van der Waals surface area contributed by atoms with Crippen LogP contribution in [-0.4, -0.2) is 36.1 Å². The van der Waals surface area contributed by atoms with Gasteiger partial charge in [0.25, 0.3) is 0 Å². The third kappa shape index (κ3) is 4.68. The molecule has 0 aliphatic rings. The summed E-state index contributed by atoms with van der Waals surface area (Å²) in [6.45, 7) is 6.99. The van der Waals surface area contributed by atoms with E-state index in [2.05, 4.69) is 36.1 Å². The number of nitrogens with zero attached hydrogens (tertiary/aromatic N) is 2. The van der Waals surface area contributed by atoms with Crippen LogP contribution < -0.4 is 5.32 Å². The van der Waals surface area contributed by atoms with E-state index in [0.29, 0.717) is 12.6 Å². The van der Waals surface area contributed by atoms with E-state index in [1.165, 1.54) is 12.3 Å². The number of hydrogen-bond donors (Lipinski definition) is 1. The average molecular weight is 225 g/mol.